The molecular formula is C23H20N2OS. The number of hydrogen-bond donors (Lipinski definition) is 1. The van der Waals surface area contributed by atoms with E-state index in [0.29, 0.717) is 5.56 Å². The van der Waals surface area contributed by atoms with Crippen molar-refractivity contribution in [2.45, 2.75) is 36.5 Å². The smallest absolute Gasteiger partial charge is 0.267 e. The van der Waals surface area contributed by atoms with Crippen LogP contribution in [0.3, 0.4) is 0 Å². The lowest BCUT2D eigenvalue weighted by molar-refractivity contribution is 0.663. The summed E-state index contributed by atoms with van der Waals surface area (Å²) >= 11 is 1.66. The number of nitrogens with one attached hydrogen (secondary N) is 1. The second-order valence-electron chi connectivity index (χ2n) is 6.79. The number of nitrogens with zero attached hydrogens (tertiary/aromatic N) is 1. The molecule has 1 N–H and O–H groups in total. The standard InChI is InChI=1S/C23H20N2OS/c24-14-21-19-8-4-5-9-20(19)23(25-22(21)26)27-15-16-10-12-18(13-11-16)17-6-2-1-3-7-17/h1-3,6-7,10-13H,4-5,8-9,15H2,(H,25,26). The van der Waals surface area contributed by atoms with Gasteiger partial charge in [0.25, 0.3) is 5.56 Å². The largest absolute Gasteiger partial charge is 0.316 e. The molecule has 0 fully saturated rings. The topological polar surface area (TPSA) is 56.6 Å². The van der Waals surface area contributed by atoms with Crippen LogP contribution in [0, 0.1) is 11.3 Å². The number of pyridine rings is 1. The van der Waals surface area contributed by atoms with Crippen molar-refractivity contribution >= 4 is 11.8 Å². The first-order valence-corrected chi connectivity index (χ1v) is 10.2. The van der Waals surface area contributed by atoms with E-state index in [9.17, 15) is 10.1 Å². The molecule has 0 amide bonds. The van der Waals surface area contributed by atoms with Gasteiger partial charge in [-0.2, -0.15) is 5.26 Å². The molecule has 0 atom stereocenters. The zero-order chi connectivity index (χ0) is 18.6. The molecule has 1 aromatic heterocycles. The van der Waals surface area contributed by atoms with Gasteiger partial charge >= 0.3 is 0 Å². The Bertz CT molecular complexity index is 1050. The third kappa shape index (κ3) is 3.70. The van der Waals surface area contributed by atoms with Gasteiger partial charge in [-0.3, -0.25) is 4.79 Å². The van der Waals surface area contributed by atoms with Gasteiger partial charge in [-0.15, -0.1) is 11.8 Å². The van der Waals surface area contributed by atoms with Crippen LogP contribution < -0.4 is 5.56 Å². The van der Waals surface area contributed by atoms with Gasteiger partial charge in [-0.25, -0.2) is 0 Å². The molecule has 3 nitrogen and oxygen atoms in total. The van der Waals surface area contributed by atoms with Gasteiger partial charge in [0.15, 0.2) is 0 Å². The Morgan fingerprint density at radius 3 is 2.30 bits per heavy atom. The van der Waals surface area contributed by atoms with Gasteiger partial charge in [0.1, 0.15) is 11.6 Å². The second-order valence-corrected chi connectivity index (χ2v) is 7.77. The number of benzene rings is 2. The number of hydrogen-bond acceptors (Lipinski definition) is 3. The first kappa shape index (κ1) is 17.6. The number of H-pyrrole nitrogens is 1. The van der Waals surface area contributed by atoms with E-state index in [-0.39, 0.29) is 5.56 Å². The van der Waals surface area contributed by atoms with Crippen LogP contribution in [-0.2, 0) is 18.6 Å². The maximum atomic E-state index is 12.3. The highest BCUT2D eigenvalue weighted by atomic mass is 32.2. The molecule has 0 bridgehead atoms. The van der Waals surface area contributed by atoms with E-state index < -0.39 is 0 Å². The molecule has 2 aromatic carbocycles. The van der Waals surface area contributed by atoms with E-state index >= 15 is 0 Å². The average Bonchev–Trinajstić information content (AvgIpc) is 2.73. The summed E-state index contributed by atoms with van der Waals surface area (Å²) in [5, 5.41) is 10.2. The van der Waals surface area contributed by atoms with E-state index in [1.54, 1.807) is 11.8 Å². The Morgan fingerprint density at radius 1 is 0.926 bits per heavy atom. The summed E-state index contributed by atoms with van der Waals surface area (Å²) in [5.41, 5.74) is 5.82. The molecule has 1 aliphatic carbocycles. The number of fused-ring (bicyclic) bond motifs is 1. The third-order valence-corrected chi connectivity index (χ3v) is 6.17. The molecule has 4 heteroatoms. The summed E-state index contributed by atoms with van der Waals surface area (Å²) in [4.78, 5) is 15.2. The van der Waals surface area contributed by atoms with Crippen LogP contribution in [-0.4, -0.2) is 4.98 Å². The molecule has 0 saturated carbocycles. The van der Waals surface area contributed by atoms with Crippen molar-refractivity contribution in [1.29, 1.82) is 5.26 Å². The fourth-order valence-corrected chi connectivity index (χ4v) is 4.70. The minimum absolute atomic E-state index is 0.250. The van der Waals surface area contributed by atoms with Gasteiger partial charge in [0.2, 0.25) is 0 Å². The summed E-state index contributed by atoms with van der Waals surface area (Å²) in [7, 11) is 0. The van der Waals surface area contributed by atoms with Crippen LogP contribution in [0.1, 0.15) is 35.1 Å². The van der Waals surface area contributed by atoms with Crippen LogP contribution >= 0.6 is 11.8 Å². The molecule has 4 rings (SSSR count). The lowest BCUT2D eigenvalue weighted by Gasteiger charge is -2.19. The first-order chi connectivity index (χ1) is 13.3. The molecule has 0 spiro atoms. The monoisotopic (exact) mass is 372 g/mol. The molecule has 0 unspecified atom stereocenters. The van der Waals surface area contributed by atoms with E-state index in [2.05, 4.69) is 47.5 Å². The van der Waals surface area contributed by atoms with E-state index in [0.717, 1.165) is 42.0 Å². The van der Waals surface area contributed by atoms with Crippen LogP contribution in [0.25, 0.3) is 11.1 Å². The zero-order valence-electron chi connectivity index (χ0n) is 15.0. The average molecular weight is 372 g/mol. The molecule has 1 heterocycles. The molecule has 0 saturated heterocycles. The normalized spacial score (nSPS) is 13.0. The van der Waals surface area contributed by atoms with Crippen molar-refractivity contribution in [3.63, 3.8) is 0 Å². The molecular weight excluding hydrogens is 352 g/mol. The van der Waals surface area contributed by atoms with Crippen LogP contribution in [0.2, 0.25) is 0 Å². The Balaban J connectivity index is 1.55. The summed E-state index contributed by atoms with van der Waals surface area (Å²) in [6.07, 6.45) is 3.94. The Hall–Kier alpha value is -2.77. The predicted octanol–water partition coefficient (Wildman–Crippen LogP) is 5.08. The number of aromatic nitrogens is 1. The molecule has 27 heavy (non-hydrogen) atoms. The molecule has 0 radical (unpaired) electrons. The minimum atomic E-state index is -0.250. The van der Waals surface area contributed by atoms with E-state index in [1.807, 2.05) is 18.2 Å². The van der Waals surface area contributed by atoms with Crippen molar-refractivity contribution in [3.8, 4) is 17.2 Å². The van der Waals surface area contributed by atoms with Crippen molar-refractivity contribution < 1.29 is 0 Å². The summed E-state index contributed by atoms with van der Waals surface area (Å²) in [6, 6.07) is 21.0. The number of thioether (sulfide) groups is 1. The fraction of sp³-hybridized carbons (Fsp3) is 0.217. The van der Waals surface area contributed by atoms with Crippen molar-refractivity contribution in [3.05, 3.63) is 87.2 Å². The van der Waals surface area contributed by atoms with Crippen molar-refractivity contribution in [2.75, 3.05) is 0 Å². The fourth-order valence-electron chi connectivity index (χ4n) is 3.63. The summed E-state index contributed by atoms with van der Waals surface area (Å²) in [5.74, 6) is 0.795. The SMILES string of the molecule is N#Cc1c2c(c(SCc3ccc(-c4ccccc4)cc3)[nH]c1=O)CCCC2. The molecule has 0 aliphatic heterocycles. The number of nitriles is 1. The molecule has 3 aromatic rings. The highest BCUT2D eigenvalue weighted by molar-refractivity contribution is 7.98. The molecule has 134 valence electrons. The van der Waals surface area contributed by atoms with Crippen molar-refractivity contribution in [1.82, 2.24) is 4.98 Å². The lowest BCUT2D eigenvalue weighted by Crippen LogP contribution is -2.20. The van der Waals surface area contributed by atoms with Crippen molar-refractivity contribution in [2.24, 2.45) is 0 Å². The first-order valence-electron chi connectivity index (χ1n) is 9.21. The maximum Gasteiger partial charge on any atom is 0.267 e. The quantitative estimate of drug-likeness (QED) is 0.649. The van der Waals surface area contributed by atoms with Crippen LogP contribution in [0.15, 0.2) is 64.4 Å². The van der Waals surface area contributed by atoms with Crippen LogP contribution in [0.4, 0.5) is 0 Å². The second kappa shape index (κ2) is 7.85. The Kier molecular flexibility index (Phi) is 5.13. The van der Waals surface area contributed by atoms with Gasteiger partial charge in [-0.1, -0.05) is 54.6 Å². The predicted molar refractivity (Wildman–Crippen MR) is 110 cm³/mol. The number of rotatable bonds is 4. The lowest BCUT2D eigenvalue weighted by atomic mass is 9.90. The Labute approximate surface area is 163 Å². The number of aromatic amines is 1. The Morgan fingerprint density at radius 2 is 1.59 bits per heavy atom. The van der Waals surface area contributed by atoms with E-state index in [4.69, 9.17) is 0 Å². The van der Waals surface area contributed by atoms with E-state index in [1.165, 1.54) is 22.3 Å². The third-order valence-electron chi connectivity index (χ3n) is 5.05. The van der Waals surface area contributed by atoms with Gasteiger partial charge in [-0.05, 0) is 53.5 Å². The summed E-state index contributed by atoms with van der Waals surface area (Å²) < 4.78 is 0. The van der Waals surface area contributed by atoms with Gasteiger partial charge in [0.05, 0.1) is 5.03 Å². The zero-order valence-corrected chi connectivity index (χ0v) is 15.8. The maximum absolute atomic E-state index is 12.3. The van der Waals surface area contributed by atoms with Gasteiger partial charge < -0.3 is 4.98 Å². The molecule has 1 aliphatic rings. The summed E-state index contributed by atoms with van der Waals surface area (Å²) in [6.45, 7) is 0. The van der Waals surface area contributed by atoms with Gasteiger partial charge in [0, 0.05) is 5.75 Å². The highest BCUT2D eigenvalue weighted by Crippen LogP contribution is 2.32. The highest BCUT2D eigenvalue weighted by Gasteiger charge is 2.20. The minimum Gasteiger partial charge on any atom is -0.316 e. The van der Waals surface area contributed by atoms with Crippen LogP contribution in [0.5, 0.6) is 0 Å².